The van der Waals surface area contributed by atoms with Crippen LogP contribution in [0.2, 0.25) is 0 Å². The lowest BCUT2D eigenvalue weighted by atomic mass is 10.1. The molecular formula is C14H19N3O3. The van der Waals surface area contributed by atoms with Crippen LogP contribution in [0, 0.1) is 10.1 Å². The summed E-state index contributed by atoms with van der Waals surface area (Å²) in [6.07, 6.45) is -0.820. The Morgan fingerprint density at radius 1 is 1.30 bits per heavy atom. The van der Waals surface area contributed by atoms with E-state index in [4.69, 9.17) is 0 Å². The second-order valence-electron chi connectivity index (χ2n) is 5.03. The lowest BCUT2D eigenvalue weighted by Gasteiger charge is -2.36. The van der Waals surface area contributed by atoms with Gasteiger partial charge in [0.15, 0.2) is 0 Å². The maximum absolute atomic E-state index is 10.6. The predicted octanol–water partition coefficient (Wildman–Crippen LogP) is 1.39. The molecule has 20 heavy (non-hydrogen) atoms. The van der Waals surface area contributed by atoms with Crippen molar-refractivity contribution in [2.75, 3.05) is 33.2 Å². The minimum atomic E-state index is -0.820. The predicted molar refractivity (Wildman–Crippen MR) is 76.3 cm³/mol. The van der Waals surface area contributed by atoms with Gasteiger partial charge in [0.25, 0.3) is 5.69 Å². The summed E-state index contributed by atoms with van der Waals surface area (Å²) in [6, 6.07) is 5.94. The molecule has 1 aliphatic heterocycles. The number of aliphatic hydroxyl groups excluding tert-OH is 1. The first-order valence-corrected chi connectivity index (χ1v) is 6.53. The normalized spacial score (nSPS) is 17.8. The van der Waals surface area contributed by atoms with Crippen molar-refractivity contribution in [3.63, 3.8) is 0 Å². The number of nitro benzene ring substituents is 1. The SMILES string of the molecule is C=C(C(O)c1ccc([N+](=O)[O-])cc1)N1CCN(C)CC1. The number of nitro groups is 1. The van der Waals surface area contributed by atoms with Crippen molar-refractivity contribution >= 4 is 5.69 Å². The van der Waals surface area contributed by atoms with Crippen LogP contribution in [0.5, 0.6) is 0 Å². The topological polar surface area (TPSA) is 69.8 Å². The molecule has 1 N–H and O–H groups in total. The third-order valence-electron chi connectivity index (χ3n) is 3.64. The Bertz CT molecular complexity index is 493. The molecule has 6 heteroatoms. The molecule has 0 radical (unpaired) electrons. The molecule has 1 aromatic carbocycles. The van der Waals surface area contributed by atoms with E-state index >= 15 is 0 Å². The summed E-state index contributed by atoms with van der Waals surface area (Å²) in [5.74, 6) is 0. The smallest absolute Gasteiger partial charge is 0.269 e. The largest absolute Gasteiger partial charge is 0.382 e. The summed E-state index contributed by atoms with van der Waals surface area (Å²) >= 11 is 0. The van der Waals surface area contributed by atoms with Crippen LogP contribution in [0.25, 0.3) is 0 Å². The maximum Gasteiger partial charge on any atom is 0.269 e. The van der Waals surface area contributed by atoms with Crippen molar-refractivity contribution in [3.05, 3.63) is 52.2 Å². The molecule has 1 aliphatic rings. The monoisotopic (exact) mass is 277 g/mol. The van der Waals surface area contributed by atoms with Gasteiger partial charge < -0.3 is 14.9 Å². The number of hydrogen-bond donors (Lipinski definition) is 1. The van der Waals surface area contributed by atoms with Crippen LogP contribution in [-0.2, 0) is 0 Å². The van der Waals surface area contributed by atoms with E-state index < -0.39 is 11.0 Å². The third kappa shape index (κ3) is 3.15. The van der Waals surface area contributed by atoms with Crippen LogP contribution >= 0.6 is 0 Å². The van der Waals surface area contributed by atoms with E-state index in [1.54, 1.807) is 12.1 Å². The third-order valence-corrected chi connectivity index (χ3v) is 3.64. The molecule has 1 atom stereocenters. The Hall–Kier alpha value is -1.92. The van der Waals surface area contributed by atoms with Crippen molar-refractivity contribution in [1.29, 1.82) is 0 Å². The number of nitrogens with zero attached hydrogens (tertiary/aromatic N) is 3. The van der Waals surface area contributed by atoms with E-state index in [2.05, 4.69) is 23.4 Å². The van der Waals surface area contributed by atoms with Gasteiger partial charge >= 0.3 is 0 Å². The zero-order valence-corrected chi connectivity index (χ0v) is 11.5. The number of hydrogen-bond acceptors (Lipinski definition) is 5. The van der Waals surface area contributed by atoms with Gasteiger partial charge in [-0.05, 0) is 24.7 Å². The Morgan fingerprint density at radius 2 is 1.85 bits per heavy atom. The van der Waals surface area contributed by atoms with Gasteiger partial charge in [0.2, 0.25) is 0 Å². The van der Waals surface area contributed by atoms with Crippen LogP contribution in [-0.4, -0.2) is 53.1 Å². The van der Waals surface area contributed by atoms with Gasteiger partial charge in [-0.25, -0.2) is 0 Å². The number of aliphatic hydroxyl groups is 1. The number of piperazine rings is 1. The molecule has 1 aromatic rings. The minimum Gasteiger partial charge on any atom is -0.382 e. The van der Waals surface area contributed by atoms with Crippen molar-refractivity contribution in [2.45, 2.75) is 6.10 Å². The molecule has 0 aliphatic carbocycles. The summed E-state index contributed by atoms with van der Waals surface area (Å²) in [6.45, 7) is 7.50. The molecule has 0 saturated carbocycles. The van der Waals surface area contributed by atoms with Gasteiger partial charge in [0, 0.05) is 44.0 Å². The van der Waals surface area contributed by atoms with Gasteiger partial charge in [-0.15, -0.1) is 0 Å². The van der Waals surface area contributed by atoms with Gasteiger partial charge in [-0.3, -0.25) is 10.1 Å². The molecule has 108 valence electrons. The molecular weight excluding hydrogens is 258 g/mol. The molecule has 0 amide bonds. The summed E-state index contributed by atoms with van der Waals surface area (Å²) in [4.78, 5) is 14.4. The Labute approximate surface area is 118 Å². The van der Waals surface area contributed by atoms with Gasteiger partial charge in [-0.2, -0.15) is 0 Å². The fourth-order valence-corrected chi connectivity index (χ4v) is 2.24. The highest BCUT2D eigenvalue weighted by Crippen LogP contribution is 2.25. The van der Waals surface area contributed by atoms with E-state index in [-0.39, 0.29) is 5.69 Å². The fourth-order valence-electron chi connectivity index (χ4n) is 2.24. The van der Waals surface area contributed by atoms with Crippen LogP contribution in [0.4, 0.5) is 5.69 Å². The summed E-state index contributed by atoms with van der Waals surface area (Å²) < 4.78 is 0. The first-order chi connectivity index (χ1) is 9.49. The zero-order valence-electron chi connectivity index (χ0n) is 11.5. The van der Waals surface area contributed by atoms with Crippen molar-refractivity contribution in [3.8, 4) is 0 Å². The van der Waals surface area contributed by atoms with Gasteiger partial charge in [0.05, 0.1) is 4.92 Å². The van der Waals surface area contributed by atoms with E-state index in [9.17, 15) is 15.2 Å². The van der Waals surface area contributed by atoms with Crippen LogP contribution in [0.1, 0.15) is 11.7 Å². The first-order valence-electron chi connectivity index (χ1n) is 6.53. The molecule has 1 fully saturated rings. The molecule has 1 saturated heterocycles. The number of rotatable bonds is 4. The number of likely N-dealkylation sites (N-methyl/N-ethyl adjacent to an activating group) is 1. The Kier molecular flexibility index (Phi) is 4.36. The van der Waals surface area contributed by atoms with E-state index in [1.807, 2.05) is 0 Å². The summed E-state index contributed by atoms with van der Waals surface area (Å²) in [7, 11) is 2.06. The van der Waals surface area contributed by atoms with Crippen LogP contribution in [0.3, 0.4) is 0 Å². The molecule has 6 nitrogen and oxygen atoms in total. The lowest BCUT2D eigenvalue weighted by Crippen LogP contribution is -2.44. The number of non-ortho nitro benzene ring substituents is 1. The highest BCUT2D eigenvalue weighted by molar-refractivity contribution is 5.35. The molecule has 1 heterocycles. The van der Waals surface area contributed by atoms with E-state index in [0.717, 1.165) is 26.2 Å². The summed E-state index contributed by atoms with van der Waals surface area (Å²) in [5.41, 5.74) is 1.29. The lowest BCUT2D eigenvalue weighted by molar-refractivity contribution is -0.384. The van der Waals surface area contributed by atoms with Crippen LogP contribution in [0.15, 0.2) is 36.5 Å². The standard InChI is InChI=1S/C14H19N3O3/c1-11(16-9-7-15(2)8-10-16)14(18)12-3-5-13(6-4-12)17(19)20/h3-6,14,18H,1,7-10H2,2H3. The second-order valence-corrected chi connectivity index (χ2v) is 5.03. The minimum absolute atomic E-state index is 0.0196. The highest BCUT2D eigenvalue weighted by atomic mass is 16.6. The Morgan fingerprint density at radius 3 is 2.35 bits per heavy atom. The zero-order chi connectivity index (χ0) is 14.7. The maximum atomic E-state index is 10.6. The summed E-state index contributed by atoms with van der Waals surface area (Å²) in [5, 5.41) is 20.9. The second kappa shape index (κ2) is 6.02. The molecule has 0 spiro atoms. The highest BCUT2D eigenvalue weighted by Gasteiger charge is 2.21. The molecule has 0 bridgehead atoms. The van der Waals surface area contributed by atoms with E-state index in [1.165, 1.54) is 12.1 Å². The van der Waals surface area contributed by atoms with Crippen molar-refractivity contribution in [1.82, 2.24) is 9.80 Å². The van der Waals surface area contributed by atoms with Gasteiger partial charge in [-0.1, -0.05) is 6.58 Å². The molecule has 2 rings (SSSR count). The fraction of sp³-hybridized carbons (Fsp3) is 0.429. The van der Waals surface area contributed by atoms with Crippen molar-refractivity contribution < 1.29 is 10.0 Å². The van der Waals surface area contributed by atoms with E-state index in [0.29, 0.717) is 11.3 Å². The average Bonchev–Trinajstić information content (AvgIpc) is 2.46. The average molecular weight is 277 g/mol. The van der Waals surface area contributed by atoms with Gasteiger partial charge in [0.1, 0.15) is 6.10 Å². The quantitative estimate of drug-likeness (QED) is 0.665. The van der Waals surface area contributed by atoms with Crippen molar-refractivity contribution in [2.24, 2.45) is 0 Å². The van der Waals surface area contributed by atoms with Crippen LogP contribution < -0.4 is 0 Å². The molecule has 1 unspecified atom stereocenters. The number of benzene rings is 1. The Balaban J connectivity index is 2.04. The first kappa shape index (κ1) is 14.5. The molecule has 0 aromatic heterocycles.